The monoisotopic (exact) mass is 385 g/mol. The van der Waals surface area contributed by atoms with E-state index in [0.717, 1.165) is 16.5 Å². The molecule has 0 spiro atoms. The largest absolute Gasteiger partial charge is 0.467 e. The molecule has 6 nitrogen and oxygen atoms in total. The molecule has 29 heavy (non-hydrogen) atoms. The number of para-hydroxylation sites is 1. The van der Waals surface area contributed by atoms with E-state index in [1.807, 2.05) is 30.5 Å². The van der Waals surface area contributed by atoms with Crippen molar-refractivity contribution >= 4 is 34.5 Å². The molecule has 0 atom stereocenters. The molecule has 4 rings (SSSR count). The summed E-state index contributed by atoms with van der Waals surface area (Å²) in [4.78, 5) is 27.8. The van der Waals surface area contributed by atoms with E-state index >= 15 is 0 Å². The Kier molecular flexibility index (Phi) is 5.25. The minimum Gasteiger partial charge on any atom is -0.467 e. The summed E-state index contributed by atoms with van der Waals surface area (Å²) in [5, 5.41) is 6.61. The number of furan rings is 1. The Hall–Kier alpha value is -4.06. The van der Waals surface area contributed by atoms with E-state index in [0.29, 0.717) is 23.6 Å². The second kappa shape index (κ2) is 8.31. The number of aromatic amines is 1. The van der Waals surface area contributed by atoms with Gasteiger partial charge in [-0.25, -0.2) is 0 Å². The van der Waals surface area contributed by atoms with Crippen LogP contribution in [0.5, 0.6) is 0 Å². The van der Waals surface area contributed by atoms with Crippen molar-refractivity contribution in [2.24, 2.45) is 0 Å². The lowest BCUT2D eigenvalue weighted by molar-refractivity contribution is -0.111. The van der Waals surface area contributed by atoms with Crippen LogP contribution in [0.4, 0.5) is 5.69 Å². The van der Waals surface area contributed by atoms with Crippen LogP contribution >= 0.6 is 0 Å². The molecule has 0 radical (unpaired) electrons. The van der Waals surface area contributed by atoms with E-state index in [9.17, 15) is 9.59 Å². The molecule has 6 heteroatoms. The first-order valence-corrected chi connectivity index (χ1v) is 9.15. The summed E-state index contributed by atoms with van der Waals surface area (Å²) in [5.41, 5.74) is 2.95. The average molecular weight is 385 g/mol. The van der Waals surface area contributed by atoms with Crippen molar-refractivity contribution in [3.8, 4) is 0 Å². The molecule has 4 aromatic rings. The maximum atomic E-state index is 12.3. The summed E-state index contributed by atoms with van der Waals surface area (Å²) < 4.78 is 5.20. The van der Waals surface area contributed by atoms with Crippen molar-refractivity contribution < 1.29 is 14.0 Å². The van der Waals surface area contributed by atoms with Gasteiger partial charge in [0.1, 0.15) is 5.76 Å². The summed E-state index contributed by atoms with van der Waals surface area (Å²) in [6.07, 6.45) is 6.65. The van der Waals surface area contributed by atoms with Crippen LogP contribution in [-0.2, 0) is 11.3 Å². The van der Waals surface area contributed by atoms with Crippen LogP contribution in [0.15, 0.2) is 83.6 Å². The van der Waals surface area contributed by atoms with Crippen LogP contribution in [0.2, 0.25) is 0 Å². The molecule has 0 unspecified atom stereocenters. The highest BCUT2D eigenvalue weighted by Gasteiger charge is 2.08. The highest BCUT2D eigenvalue weighted by atomic mass is 16.3. The van der Waals surface area contributed by atoms with Crippen LogP contribution in [0.25, 0.3) is 17.0 Å². The van der Waals surface area contributed by atoms with Gasteiger partial charge in [0.05, 0.1) is 12.8 Å². The number of hydrogen-bond acceptors (Lipinski definition) is 3. The Labute approximate surface area is 167 Å². The molecule has 0 aliphatic rings. The van der Waals surface area contributed by atoms with Crippen molar-refractivity contribution in [2.45, 2.75) is 6.54 Å². The second-order valence-corrected chi connectivity index (χ2v) is 6.46. The van der Waals surface area contributed by atoms with Gasteiger partial charge in [-0.1, -0.05) is 24.3 Å². The first-order valence-electron chi connectivity index (χ1n) is 9.15. The van der Waals surface area contributed by atoms with Crippen LogP contribution in [-0.4, -0.2) is 16.8 Å². The van der Waals surface area contributed by atoms with Crippen LogP contribution in [0, 0.1) is 0 Å². The van der Waals surface area contributed by atoms with Gasteiger partial charge >= 0.3 is 0 Å². The molecule has 0 saturated heterocycles. The van der Waals surface area contributed by atoms with Gasteiger partial charge in [-0.15, -0.1) is 0 Å². The maximum Gasteiger partial charge on any atom is 0.251 e. The number of rotatable bonds is 6. The number of carbonyl (C=O) groups is 2. The molecule has 0 bridgehead atoms. The molecular weight excluding hydrogens is 366 g/mol. The number of amides is 2. The number of benzene rings is 2. The van der Waals surface area contributed by atoms with Gasteiger partial charge in [-0.05, 0) is 48.0 Å². The maximum absolute atomic E-state index is 12.3. The molecule has 0 fully saturated rings. The molecule has 144 valence electrons. The zero-order valence-electron chi connectivity index (χ0n) is 15.5. The fraction of sp³-hybridized carbons (Fsp3) is 0.0435. The standard InChI is InChI=1S/C23H19N3O3/c27-22(11-10-17-14-24-21-9-2-1-8-20(17)21)26-18-6-3-5-16(13-18)23(28)25-15-19-7-4-12-29-19/h1-14,24H,15H2,(H,25,28)(H,26,27). The molecule has 2 aromatic heterocycles. The average Bonchev–Trinajstić information content (AvgIpc) is 3.40. The summed E-state index contributed by atoms with van der Waals surface area (Å²) in [7, 11) is 0. The molecule has 2 amide bonds. The smallest absolute Gasteiger partial charge is 0.251 e. The summed E-state index contributed by atoms with van der Waals surface area (Å²) in [6, 6.07) is 18.2. The number of fused-ring (bicyclic) bond motifs is 1. The van der Waals surface area contributed by atoms with Crippen molar-refractivity contribution in [3.05, 3.63) is 96.1 Å². The summed E-state index contributed by atoms with van der Waals surface area (Å²) >= 11 is 0. The highest BCUT2D eigenvalue weighted by molar-refractivity contribution is 6.04. The third-order valence-corrected chi connectivity index (χ3v) is 4.43. The summed E-state index contributed by atoms with van der Waals surface area (Å²) in [5.74, 6) is 0.153. The third kappa shape index (κ3) is 4.44. The lowest BCUT2D eigenvalue weighted by atomic mass is 10.1. The van der Waals surface area contributed by atoms with Crippen LogP contribution in [0.3, 0.4) is 0 Å². The predicted molar refractivity (Wildman–Crippen MR) is 112 cm³/mol. The van der Waals surface area contributed by atoms with Gasteiger partial charge in [-0.2, -0.15) is 0 Å². The van der Waals surface area contributed by atoms with Gasteiger partial charge in [0.2, 0.25) is 5.91 Å². The lowest BCUT2D eigenvalue weighted by Crippen LogP contribution is -2.22. The van der Waals surface area contributed by atoms with Crippen molar-refractivity contribution in [1.29, 1.82) is 0 Å². The Bertz CT molecular complexity index is 1170. The van der Waals surface area contributed by atoms with Gasteiger partial charge in [-0.3, -0.25) is 9.59 Å². The number of anilines is 1. The fourth-order valence-corrected chi connectivity index (χ4v) is 3.00. The molecule has 3 N–H and O–H groups in total. The van der Waals surface area contributed by atoms with Crippen molar-refractivity contribution in [2.75, 3.05) is 5.32 Å². The van der Waals surface area contributed by atoms with Crippen molar-refractivity contribution in [3.63, 3.8) is 0 Å². The lowest BCUT2D eigenvalue weighted by Gasteiger charge is -2.06. The SMILES string of the molecule is O=C(C=Cc1c[nH]c2ccccc12)Nc1cccc(C(=O)NCc2ccco2)c1. The van der Waals surface area contributed by atoms with E-state index in [4.69, 9.17) is 4.42 Å². The van der Waals surface area contributed by atoms with Crippen LogP contribution < -0.4 is 10.6 Å². The fourth-order valence-electron chi connectivity index (χ4n) is 3.00. The van der Waals surface area contributed by atoms with Gasteiger partial charge < -0.3 is 20.0 Å². The number of aromatic nitrogens is 1. The Morgan fingerprint density at radius 2 is 1.93 bits per heavy atom. The minimum atomic E-state index is -0.275. The number of carbonyl (C=O) groups excluding carboxylic acids is 2. The molecule has 2 heterocycles. The molecule has 0 saturated carbocycles. The predicted octanol–water partition coefficient (Wildman–Crippen LogP) is 4.34. The van der Waals surface area contributed by atoms with Crippen LogP contribution in [0.1, 0.15) is 21.7 Å². The van der Waals surface area contributed by atoms with E-state index in [1.54, 1.807) is 48.7 Å². The quantitative estimate of drug-likeness (QED) is 0.432. The zero-order chi connectivity index (χ0) is 20.1. The topological polar surface area (TPSA) is 87.1 Å². The second-order valence-electron chi connectivity index (χ2n) is 6.46. The third-order valence-electron chi connectivity index (χ3n) is 4.43. The number of H-pyrrole nitrogens is 1. The number of hydrogen-bond donors (Lipinski definition) is 3. The van der Waals surface area contributed by atoms with E-state index in [2.05, 4.69) is 15.6 Å². The first kappa shape index (κ1) is 18.3. The normalized spacial score (nSPS) is 11.0. The van der Waals surface area contributed by atoms with E-state index in [1.165, 1.54) is 6.08 Å². The number of nitrogens with one attached hydrogen (secondary N) is 3. The zero-order valence-corrected chi connectivity index (χ0v) is 15.5. The molecular formula is C23H19N3O3. The highest BCUT2D eigenvalue weighted by Crippen LogP contribution is 2.19. The Balaban J connectivity index is 1.39. The molecule has 2 aromatic carbocycles. The van der Waals surface area contributed by atoms with Gasteiger partial charge in [0, 0.05) is 34.4 Å². The summed E-state index contributed by atoms with van der Waals surface area (Å²) in [6.45, 7) is 0.301. The van der Waals surface area contributed by atoms with E-state index < -0.39 is 0 Å². The minimum absolute atomic E-state index is 0.244. The molecule has 0 aliphatic carbocycles. The Morgan fingerprint density at radius 1 is 1.03 bits per heavy atom. The van der Waals surface area contributed by atoms with Gasteiger partial charge in [0.25, 0.3) is 5.91 Å². The Morgan fingerprint density at radius 3 is 2.79 bits per heavy atom. The first-order chi connectivity index (χ1) is 14.2. The van der Waals surface area contributed by atoms with Gasteiger partial charge in [0.15, 0.2) is 0 Å². The molecule has 0 aliphatic heterocycles. The van der Waals surface area contributed by atoms with E-state index in [-0.39, 0.29) is 11.8 Å². The van der Waals surface area contributed by atoms with Crippen molar-refractivity contribution in [1.82, 2.24) is 10.3 Å².